The molecule has 0 fully saturated rings. The smallest absolute Gasteiger partial charge is 0.189 e. The lowest BCUT2D eigenvalue weighted by Gasteiger charge is -2.30. The lowest BCUT2D eigenvalue weighted by molar-refractivity contribution is 0.0202. The Morgan fingerprint density at radius 3 is 1.91 bits per heavy atom. The molecular weight excluding hydrogens is 308 g/mol. The van der Waals surface area contributed by atoms with Crippen LogP contribution >= 0.6 is 11.8 Å². The van der Waals surface area contributed by atoms with Crippen molar-refractivity contribution in [2.24, 2.45) is 0 Å². The number of thioether (sulfide) groups is 1. The van der Waals surface area contributed by atoms with Gasteiger partial charge in [0.1, 0.15) is 5.75 Å². The summed E-state index contributed by atoms with van der Waals surface area (Å²) in [5, 5.41) is 9.12. The van der Waals surface area contributed by atoms with Gasteiger partial charge in [-0.25, -0.2) is 0 Å². The molecule has 1 rings (SSSR count). The molecule has 0 saturated carbocycles. The van der Waals surface area contributed by atoms with Crippen molar-refractivity contribution < 1.29 is 14.6 Å². The normalized spacial score (nSPS) is 12.5. The standard InChI is InChI=1S/C19H32O3S/c1-8-21-13-22-17-15(18(2,3)4)11-14(23-10-9-20)12-16(17)19(5,6)7/h11-12,20H,8-10,13H2,1-7H3. The van der Waals surface area contributed by atoms with Gasteiger partial charge in [0.2, 0.25) is 0 Å². The van der Waals surface area contributed by atoms with Gasteiger partial charge in [0.25, 0.3) is 0 Å². The molecular formula is C19H32O3S. The minimum atomic E-state index is -0.0304. The summed E-state index contributed by atoms with van der Waals surface area (Å²) in [6.07, 6.45) is 0. The fourth-order valence-corrected chi connectivity index (χ4v) is 3.03. The Hall–Kier alpha value is -0.710. The monoisotopic (exact) mass is 340 g/mol. The second-order valence-electron chi connectivity index (χ2n) is 7.67. The van der Waals surface area contributed by atoms with Crippen molar-refractivity contribution in [3.05, 3.63) is 23.3 Å². The Morgan fingerprint density at radius 2 is 1.52 bits per heavy atom. The average molecular weight is 341 g/mol. The fourth-order valence-electron chi connectivity index (χ4n) is 2.30. The van der Waals surface area contributed by atoms with E-state index in [9.17, 15) is 0 Å². The highest BCUT2D eigenvalue weighted by molar-refractivity contribution is 7.99. The Bertz CT molecular complexity index is 463. The molecule has 0 unspecified atom stereocenters. The van der Waals surface area contributed by atoms with Gasteiger partial charge in [0, 0.05) is 28.4 Å². The van der Waals surface area contributed by atoms with E-state index >= 15 is 0 Å². The maximum atomic E-state index is 9.12. The van der Waals surface area contributed by atoms with E-state index in [0.717, 1.165) is 5.75 Å². The number of aliphatic hydroxyl groups excluding tert-OH is 1. The number of hydrogen-bond acceptors (Lipinski definition) is 4. The van der Waals surface area contributed by atoms with Crippen molar-refractivity contribution in [1.82, 2.24) is 0 Å². The molecule has 0 aliphatic carbocycles. The van der Waals surface area contributed by atoms with Crippen LogP contribution in [0.3, 0.4) is 0 Å². The van der Waals surface area contributed by atoms with E-state index in [2.05, 4.69) is 53.7 Å². The maximum Gasteiger partial charge on any atom is 0.189 e. The number of rotatable bonds is 7. The highest BCUT2D eigenvalue weighted by Crippen LogP contribution is 2.42. The van der Waals surface area contributed by atoms with Gasteiger partial charge in [-0.1, -0.05) is 41.5 Å². The summed E-state index contributed by atoms with van der Waals surface area (Å²) < 4.78 is 11.4. The lowest BCUT2D eigenvalue weighted by atomic mass is 9.79. The summed E-state index contributed by atoms with van der Waals surface area (Å²) in [6, 6.07) is 4.38. The Balaban J connectivity index is 3.41. The molecule has 0 heterocycles. The molecule has 1 N–H and O–H groups in total. The summed E-state index contributed by atoms with van der Waals surface area (Å²) in [4.78, 5) is 1.18. The molecule has 23 heavy (non-hydrogen) atoms. The van der Waals surface area contributed by atoms with Gasteiger partial charge in [-0.2, -0.15) is 0 Å². The predicted octanol–water partition coefficient (Wildman–Crippen LogP) is 4.74. The van der Waals surface area contributed by atoms with Crippen LogP contribution in [0.1, 0.15) is 59.6 Å². The van der Waals surface area contributed by atoms with Crippen molar-refractivity contribution in [2.45, 2.75) is 64.2 Å². The first-order chi connectivity index (χ1) is 10.6. The van der Waals surface area contributed by atoms with Crippen molar-refractivity contribution >= 4 is 11.8 Å². The summed E-state index contributed by atoms with van der Waals surface area (Å²) >= 11 is 1.68. The summed E-state index contributed by atoms with van der Waals surface area (Å²) in [7, 11) is 0. The minimum Gasteiger partial charge on any atom is -0.467 e. The minimum absolute atomic E-state index is 0.0304. The fraction of sp³-hybridized carbons (Fsp3) is 0.684. The predicted molar refractivity (Wildman–Crippen MR) is 98.8 cm³/mol. The highest BCUT2D eigenvalue weighted by Gasteiger charge is 2.28. The van der Waals surface area contributed by atoms with E-state index in [1.165, 1.54) is 16.0 Å². The Morgan fingerprint density at radius 1 is 1.00 bits per heavy atom. The SMILES string of the molecule is CCOCOc1c(C(C)(C)C)cc(SCCO)cc1C(C)(C)C. The van der Waals surface area contributed by atoms with Gasteiger partial charge in [-0.05, 0) is 29.9 Å². The zero-order valence-corrected chi connectivity index (χ0v) is 16.5. The van der Waals surface area contributed by atoms with Crippen molar-refractivity contribution in [1.29, 1.82) is 0 Å². The van der Waals surface area contributed by atoms with Gasteiger partial charge in [-0.15, -0.1) is 11.8 Å². The van der Waals surface area contributed by atoms with Crippen LogP contribution in [0.25, 0.3) is 0 Å². The van der Waals surface area contributed by atoms with Crippen molar-refractivity contribution in [2.75, 3.05) is 25.8 Å². The molecule has 0 aliphatic heterocycles. The van der Waals surface area contributed by atoms with Crippen LogP contribution < -0.4 is 4.74 Å². The molecule has 0 spiro atoms. The van der Waals surface area contributed by atoms with Crippen molar-refractivity contribution in [3.8, 4) is 5.75 Å². The van der Waals surface area contributed by atoms with Gasteiger partial charge < -0.3 is 14.6 Å². The molecule has 3 nitrogen and oxygen atoms in total. The molecule has 132 valence electrons. The largest absolute Gasteiger partial charge is 0.467 e. The second kappa shape index (κ2) is 8.41. The van der Waals surface area contributed by atoms with E-state index in [-0.39, 0.29) is 24.2 Å². The topological polar surface area (TPSA) is 38.7 Å². The molecule has 0 bridgehead atoms. The van der Waals surface area contributed by atoms with E-state index < -0.39 is 0 Å². The molecule has 1 aromatic carbocycles. The Labute approximate surface area is 145 Å². The van der Waals surface area contributed by atoms with Gasteiger partial charge in [0.15, 0.2) is 6.79 Å². The lowest BCUT2D eigenvalue weighted by Crippen LogP contribution is -2.21. The molecule has 0 radical (unpaired) electrons. The van der Waals surface area contributed by atoms with Crippen LogP contribution in [0, 0.1) is 0 Å². The van der Waals surface area contributed by atoms with Gasteiger partial charge in [-0.3, -0.25) is 0 Å². The molecule has 0 saturated heterocycles. The third-order valence-corrected chi connectivity index (χ3v) is 4.48. The Kier molecular flexibility index (Phi) is 7.43. The zero-order chi connectivity index (χ0) is 17.7. The second-order valence-corrected chi connectivity index (χ2v) is 8.84. The van der Waals surface area contributed by atoms with E-state index in [0.29, 0.717) is 12.4 Å². The molecule has 4 heteroatoms. The van der Waals surface area contributed by atoms with Crippen LogP contribution in [0.5, 0.6) is 5.75 Å². The zero-order valence-electron chi connectivity index (χ0n) is 15.7. The van der Waals surface area contributed by atoms with Crippen LogP contribution in [0.4, 0.5) is 0 Å². The van der Waals surface area contributed by atoms with E-state index in [1.54, 1.807) is 11.8 Å². The van der Waals surface area contributed by atoms with Crippen LogP contribution in [-0.4, -0.2) is 30.9 Å². The van der Waals surface area contributed by atoms with Crippen LogP contribution in [-0.2, 0) is 15.6 Å². The molecule has 0 aliphatic rings. The van der Waals surface area contributed by atoms with Crippen LogP contribution in [0.15, 0.2) is 17.0 Å². The van der Waals surface area contributed by atoms with Gasteiger partial charge >= 0.3 is 0 Å². The molecule has 0 amide bonds. The summed E-state index contributed by atoms with van der Waals surface area (Å²) in [6.45, 7) is 16.2. The summed E-state index contributed by atoms with van der Waals surface area (Å²) in [5.41, 5.74) is 2.31. The van der Waals surface area contributed by atoms with E-state index in [1.807, 2.05) is 6.92 Å². The highest BCUT2D eigenvalue weighted by atomic mass is 32.2. The summed E-state index contributed by atoms with van der Waals surface area (Å²) in [5.74, 6) is 1.64. The molecule has 0 aromatic heterocycles. The quantitative estimate of drug-likeness (QED) is 0.442. The molecule has 1 aromatic rings. The first-order valence-electron chi connectivity index (χ1n) is 8.24. The number of aliphatic hydroxyl groups is 1. The van der Waals surface area contributed by atoms with Crippen molar-refractivity contribution in [3.63, 3.8) is 0 Å². The number of ether oxygens (including phenoxy) is 2. The molecule has 0 atom stereocenters. The van der Waals surface area contributed by atoms with Crippen LogP contribution in [0.2, 0.25) is 0 Å². The third kappa shape index (κ3) is 6.02. The third-order valence-electron chi connectivity index (χ3n) is 3.53. The van der Waals surface area contributed by atoms with Gasteiger partial charge in [0.05, 0.1) is 6.61 Å². The average Bonchev–Trinajstić information content (AvgIpc) is 2.43. The number of benzene rings is 1. The first kappa shape index (κ1) is 20.3. The number of hydrogen-bond donors (Lipinski definition) is 1. The van der Waals surface area contributed by atoms with E-state index in [4.69, 9.17) is 14.6 Å². The maximum absolute atomic E-state index is 9.12. The first-order valence-corrected chi connectivity index (χ1v) is 9.23.